The van der Waals surface area contributed by atoms with E-state index in [-0.39, 0.29) is 5.91 Å². The van der Waals surface area contributed by atoms with Gasteiger partial charge in [-0.05, 0) is 36.1 Å². The summed E-state index contributed by atoms with van der Waals surface area (Å²) in [4.78, 5) is 12.4. The number of amides is 1. The van der Waals surface area contributed by atoms with Gasteiger partial charge in [0.15, 0.2) is 0 Å². The molecule has 0 aliphatic rings. The highest BCUT2D eigenvalue weighted by Crippen LogP contribution is 2.18. The Kier molecular flexibility index (Phi) is 5.38. The molecule has 0 aliphatic carbocycles. The van der Waals surface area contributed by atoms with Crippen LogP contribution in [0.3, 0.4) is 0 Å². The van der Waals surface area contributed by atoms with E-state index in [1.54, 1.807) is 12.3 Å². The summed E-state index contributed by atoms with van der Waals surface area (Å²) in [6.07, 6.45) is 4.35. The molecule has 110 valence electrons. The summed E-state index contributed by atoms with van der Waals surface area (Å²) < 4.78 is 5.32. The fourth-order valence-corrected chi connectivity index (χ4v) is 1.98. The summed E-state index contributed by atoms with van der Waals surface area (Å²) in [6.45, 7) is 4.96. The monoisotopic (exact) mass is 283 g/mol. The van der Waals surface area contributed by atoms with E-state index in [2.05, 4.69) is 19.2 Å². The molecule has 2 rings (SSSR count). The van der Waals surface area contributed by atoms with Gasteiger partial charge in [0.1, 0.15) is 5.76 Å². The number of rotatable bonds is 6. The average molecular weight is 283 g/mol. The van der Waals surface area contributed by atoms with Crippen molar-refractivity contribution in [3.8, 4) is 0 Å². The minimum atomic E-state index is -0.0711. The van der Waals surface area contributed by atoms with Gasteiger partial charge in [-0.3, -0.25) is 4.79 Å². The van der Waals surface area contributed by atoms with E-state index >= 15 is 0 Å². The first-order valence-corrected chi connectivity index (χ1v) is 7.25. The van der Waals surface area contributed by atoms with Gasteiger partial charge < -0.3 is 9.73 Å². The Morgan fingerprint density at radius 1 is 1.19 bits per heavy atom. The van der Waals surface area contributed by atoms with E-state index in [0.29, 0.717) is 23.8 Å². The maximum atomic E-state index is 12.4. The lowest BCUT2D eigenvalue weighted by atomic mass is 10.0. The van der Waals surface area contributed by atoms with Crippen LogP contribution in [0.1, 0.15) is 31.6 Å². The molecule has 1 aromatic heterocycles. The van der Waals surface area contributed by atoms with Crippen molar-refractivity contribution in [3.63, 3.8) is 0 Å². The Morgan fingerprint density at radius 2 is 1.95 bits per heavy atom. The molecule has 1 N–H and O–H groups in total. The lowest BCUT2D eigenvalue weighted by Gasteiger charge is -2.10. The number of hydrogen-bond acceptors (Lipinski definition) is 2. The minimum absolute atomic E-state index is 0.0711. The standard InChI is InChI=1S/C18H21NO2/c1-14(2)10-11-19-18(20)17(13-16-9-6-12-21-16)15-7-4-3-5-8-15/h3-9,12-14H,10-11H2,1-2H3,(H,19,20)/b17-13+. The van der Waals surface area contributed by atoms with Gasteiger partial charge in [-0.25, -0.2) is 0 Å². The lowest BCUT2D eigenvalue weighted by molar-refractivity contribution is -0.115. The van der Waals surface area contributed by atoms with Gasteiger partial charge in [0, 0.05) is 6.54 Å². The number of carbonyl (C=O) groups is 1. The molecule has 3 nitrogen and oxygen atoms in total. The Morgan fingerprint density at radius 3 is 2.57 bits per heavy atom. The summed E-state index contributed by atoms with van der Waals surface area (Å²) in [5.41, 5.74) is 1.50. The van der Waals surface area contributed by atoms with Gasteiger partial charge in [-0.1, -0.05) is 44.2 Å². The van der Waals surface area contributed by atoms with Crippen LogP contribution in [0.15, 0.2) is 53.1 Å². The Bertz CT molecular complexity index is 583. The van der Waals surface area contributed by atoms with Gasteiger partial charge in [0.2, 0.25) is 0 Å². The summed E-state index contributed by atoms with van der Waals surface area (Å²) >= 11 is 0. The first kappa shape index (κ1) is 15.1. The second-order valence-corrected chi connectivity index (χ2v) is 5.38. The van der Waals surface area contributed by atoms with Gasteiger partial charge in [0.05, 0.1) is 11.8 Å². The maximum absolute atomic E-state index is 12.4. The molecule has 0 saturated heterocycles. The maximum Gasteiger partial charge on any atom is 0.252 e. The molecule has 0 fully saturated rings. The zero-order valence-electron chi connectivity index (χ0n) is 12.5. The smallest absolute Gasteiger partial charge is 0.252 e. The summed E-state index contributed by atoms with van der Waals surface area (Å²) in [7, 11) is 0. The molecule has 0 aliphatic heterocycles. The third-order valence-electron chi connectivity index (χ3n) is 3.17. The predicted octanol–water partition coefficient (Wildman–Crippen LogP) is 3.98. The highest BCUT2D eigenvalue weighted by atomic mass is 16.3. The lowest BCUT2D eigenvalue weighted by Crippen LogP contribution is -2.26. The normalized spacial score (nSPS) is 11.7. The van der Waals surface area contributed by atoms with Crippen molar-refractivity contribution in [3.05, 3.63) is 60.1 Å². The molecule has 0 atom stereocenters. The Hall–Kier alpha value is -2.29. The highest BCUT2D eigenvalue weighted by molar-refractivity contribution is 6.24. The number of benzene rings is 1. The largest absolute Gasteiger partial charge is 0.465 e. The van der Waals surface area contributed by atoms with Gasteiger partial charge in [0.25, 0.3) is 5.91 Å². The zero-order valence-corrected chi connectivity index (χ0v) is 12.5. The number of hydrogen-bond donors (Lipinski definition) is 1. The Labute approximate surface area is 125 Å². The molecule has 0 unspecified atom stereocenters. The summed E-state index contributed by atoms with van der Waals surface area (Å²) in [5.74, 6) is 1.17. The third kappa shape index (κ3) is 4.63. The van der Waals surface area contributed by atoms with E-state index in [0.717, 1.165) is 12.0 Å². The van der Waals surface area contributed by atoms with E-state index in [4.69, 9.17) is 4.42 Å². The first-order valence-electron chi connectivity index (χ1n) is 7.25. The van der Waals surface area contributed by atoms with Crippen LogP contribution < -0.4 is 5.32 Å². The van der Waals surface area contributed by atoms with Crippen molar-refractivity contribution in [2.45, 2.75) is 20.3 Å². The van der Waals surface area contributed by atoms with Crippen LogP contribution in [-0.4, -0.2) is 12.5 Å². The van der Waals surface area contributed by atoms with Crippen molar-refractivity contribution in [2.24, 2.45) is 5.92 Å². The van der Waals surface area contributed by atoms with Crippen molar-refractivity contribution in [1.82, 2.24) is 5.32 Å². The van der Waals surface area contributed by atoms with Crippen LogP contribution in [0.2, 0.25) is 0 Å². The molecule has 0 bridgehead atoms. The fraction of sp³-hybridized carbons (Fsp3) is 0.278. The van der Waals surface area contributed by atoms with E-state index in [9.17, 15) is 4.79 Å². The topological polar surface area (TPSA) is 42.2 Å². The third-order valence-corrected chi connectivity index (χ3v) is 3.17. The summed E-state index contributed by atoms with van der Waals surface area (Å²) in [6, 6.07) is 13.3. The van der Waals surface area contributed by atoms with Crippen LogP contribution in [0.4, 0.5) is 0 Å². The quantitative estimate of drug-likeness (QED) is 0.815. The molecule has 0 spiro atoms. The molecule has 21 heavy (non-hydrogen) atoms. The predicted molar refractivity (Wildman–Crippen MR) is 85.5 cm³/mol. The molecule has 0 radical (unpaired) electrons. The van der Waals surface area contributed by atoms with Gasteiger partial charge in [-0.15, -0.1) is 0 Å². The molecule has 1 amide bonds. The van der Waals surface area contributed by atoms with Crippen molar-refractivity contribution >= 4 is 17.6 Å². The molecular weight excluding hydrogens is 262 g/mol. The highest BCUT2D eigenvalue weighted by Gasteiger charge is 2.12. The molecule has 3 heteroatoms. The van der Waals surface area contributed by atoms with Gasteiger partial charge >= 0.3 is 0 Å². The van der Waals surface area contributed by atoms with Gasteiger partial charge in [-0.2, -0.15) is 0 Å². The SMILES string of the molecule is CC(C)CCNC(=O)/C(=C/c1ccco1)c1ccccc1. The van der Waals surface area contributed by atoms with Crippen LogP contribution >= 0.6 is 0 Å². The molecule has 0 saturated carbocycles. The summed E-state index contributed by atoms with van der Waals surface area (Å²) in [5, 5.41) is 2.98. The van der Waals surface area contributed by atoms with Crippen LogP contribution in [0.5, 0.6) is 0 Å². The zero-order chi connectivity index (χ0) is 15.1. The second-order valence-electron chi connectivity index (χ2n) is 5.38. The van der Waals surface area contributed by atoms with Crippen molar-refractivity contribution in [2.75, 3.05) is 6.54 Å². The molecular formula is C18H21NO2. The van der Waals surface area contributed by atoms with Crippen LogP contribution in [-0.2, 0) is 4.79 Å². The van der Waals surface area contributed by atoms with Crippen LogP contribution in [0, 0.1) is 5.92 Å². The van der Waals surface area contributed by atoms with Crippen molar-refractivity contribution < 1.29 is 9.21 Å². The molecule has 1 aromatic carbocycles. The van der Waals surface area contributed by atoms with E-state index < -0.39 is 0 Å². The number of carbonyl (C=O) groups excluding carboxylic acids is 1. The van der Waals surface area contributed by atoms with Crippen molar-refractivity contribution in [1.29, 1.82) is 0 Å². The second kappa shape index (κ2) is 7.48. The number of furan rings is 1. The van der Waals surface area contributed by atoms with E-state index in [1.807, 2.05) is 42.5 Å². The molecule has 2 aromatic rings. The molecule has 1 heterocycles. The number of nitrogens with one attached hydrogen (secondary N) is 1. The van der Waals surface area contributed by atoms with Crippen LogP contribution in [0.25, 0.3) is 11.6 Å². The Balaban J connectivity index is 2.18. The average Bonchev–Trinajstić information content (AvgIpc) is 2.98. The minimum Gasteiger partial charge on any atom is -0.465 e. The van der Waals surface area contributed by atoms with E-state index in [1.165, 1.54) is 0 Å². The fourth-order valence-electron chi connectivity index (χ4n) is 1.98. The first-order chi connectivity index (χ1) is 10.2.